The van der Waals surface area contributed by atoms with Crippen molar-refractivity contribution in [3.05, 3.63) is 35.9 Å². The van der Waals surface area contributed by atoms with Gasteiger partial charge in [-0.05, 0) is 50.6 Å². The molecular formula is C20H32N2O2. The highest BCUT2D eigenvalue weighted by Gasteiger charge is 2.23. The van der Waals surface area contributed by atoms with Crippen LogP contribution in [-0.4, -0.2) is 62.7 Å². The summed E-state index contributed by atoms with van der Waals surface area (Å²) >= 11 is 0. The Balaban J connectivity index is 1.63. The van der Waals surface area contributed by atoms with Gasteiger partial charge in [0.15, 0.2) is 0 Å². The van der Waals surface area contributed by atoms with Crippen molar-refractivity contribution in [1.29, 1.82) is 0 Å². The van der Waals surface area contributed by atoms with Gasteiger partial charge < -0.3 is 9.64 Å². The van der Waals surface area contributed by atoms with E-state index >= 15 is 0 Å². The second-order valence-corrected chi connectivity index (χ2v) is 6.93. The molecule has 1 saturated heterocycles. The molecule has 1 aromatic carbocycles. The van der Waals surface area contributed by atoms with Crippen LogP contribution in [0.25, 0.3) is 0 Å². The fourth-order valence-corrected chi connectivity index (χ4v) is 3.38. The predicted molar refractivity (Wildman–Crippen MR) is 98.1 cm³/mol. The van der Waals surface area contributed by atoms with Gasteiger partial charge in [-0.1, -0.05) is 30.3 Å². The minimum atomic E-state index is 0.274. The number of aryl methyl sites for hydroxylation is 1. The topological polar surface area (TPSA) is 32.8 Å². The second kappa shape index (κ2) is 10.5. The van der Waals surface area contributed by atoms with Crippen molar-refractivity contribution < 1.29 is 9.53 Å². The molecule has 0 radical (unpaired) electrons. The number of likely N-dealkylation sites (tertiary alicyclic amines) is 1. The number of ether oxygens (including phenoxy) is 1. The molecule has 1 heterocycles. The van der Waals surface area contributed by atoms with Crippen molar-refractivity contribution >= 4 is 5.91 Å². The molecule has 24 heavy (non-hydrogen) atoms. The Morgan fingerprint density at radius 2 is 1.96 bits per heavy atom. The van der Waals surface area contributed by atoms with Crippen molar-refractivity contribution in [2.45, 2.75) is 32.1 Å². The normalized spacial score (nSPS) is 15.9. The van der Waals surface area contributed by atoms with Crippen molar-refractivity contribution in [1.82, 2.24) is 9.80 Å². The van der Waals surface area contributed by atoms with Gasteiger partial charge in [-0.3, -0.25) is 9.69 Å². The summed E-state index contributed by atoms with van der Waals surface area (Å²) < 4.78 is 5.06. The summed E-state index contributed by atoms with van der Waals surface area (Å²) in [5.74, 6) is 1.03. The van der Waals surface area contributed by atoms with Gasteiger partial charge in [0.05, 0.1) is 6.54 Å². The standard InChI is InChI=1S/C20H32N2O2/c1-21(13-6-16-24-2)17-20(23)22-14-11-19(12-15-22)10-9-18-7-4-3-5-8-18/h3-5,7-8,19H,6,9-17H2,1-2H3. The van der Waals surface area contributed by atoms with Crippen molar-refractivity contribution in [2.24, 2.45) is 5.92 Å². The lowest BCUT2D eigenvalue weighted by atomic mass is 9.90. The zero-order valence-electron chi connectivity index (χ0n) is 15.2. The van der Waals surface area contributed by atoms with Gasteiger partial charge in [-0.2, -0.15) is 0 Å². The second-order valence-electron chi connectivity index (χ2n) is 6.93. The van der Waals surface area contributed by atoms with Crippen LogP contribution in [-0.2, 0) is 16.0 Å². The predicted octanol–water partition coefficient (Wildman–Crippen LogP) is 2.83. The molecule has 0 N–H and O–H groups in total. The molecule has 0 spiro atoms. The number of likely N-dealkylation sites (N-methyl/N-ethyl adjacent to an activating group) is 1. The summed E-state index contributed by atoms with van der Waals surface area (Å²) in [5, 5.41) is 0. The molecular weight excluding hydrogens is 300 g/mol. The fourth-order valence-electron chi connectivity index (χ4n) is 3.38. The van der Waals surface area contributed by atoms with Gasteiger partial charge in [-0.15, -0.1) is 0 Å². The number of methoxy groups -OCH3 is 1. The molecule has 0 unspecified atom stereocenters. The fraction of sp³-hybridized carbons (Fsp3) is 0.650. The lowest BCUT2D eigenvalue weighted by molar-refractivity contribution is -0.133. The SMILES string of the molecule is COCCCN(C)CC(=O)N1CCC(CCc2ccccc2)CC1. The van der Waals surface area contributed by atoms with Crippen LogP contribution < -0.4 is 0 Å². The molecule has 1 aliphatic heterocycles. The summed E-state index contributed by atoms with van der Waals surface area (Å²) in [7, 11) is 3.73. The number of hydrogen-bond acceptors (Lipinski definition) is 3. The van der Waals surface area contributed by atoms with E-state index in [9.17, 15) is 4.79 Å². The van der Waals surface area contributed by atoms with Gasteiger partial charge in [0, 0.05) is 33.4 Å². The molecule has 4 heteroatoms. The van der Waals surface area contributed by atoms with Crippen LogP contribution in [0, 0.1) is 5.92 Å². The van der Waals surface area contributed by atoms with E-state index in [1.165, 1.54) is 12.0 Å². The Morgan fingerprint density at radius 1 is 1.25 bits per heavy atom. The average molecular weight is 332 g/mol. The minimum absolute atomic E-state index is 0.274. The molecule has 4 nitrogen and oxygen atoms in total. The summed E-state index contributed by atoms with van der Waals surface area (Å²) in [4.78, 5) is 16.5. The summed E-state index contributed by atoms with van der Waals surface area (Å²) in [5.41, 5.74) is 1.42. The van der Waals surface area contributed by atoms with Crippen molar-refractivity contribution in [3.8, 4) is 0 Å². The first-order valence-electron chi connectivity index (χ1n) is 9.18. The van der Waals surface area contributed by atoms with Gasteiger partial charge in [0.25, 0.3) is 0 Å². The summed E-state index contributed by atoms with van der Waals surface area (Å²) in [6, 6.07) is 10.7. The maximum atomic E-state index is 12.4. The Kier molecular flexibility index (Phi) is 8.26. The van der Waals surface area contributed by atoms with Gasteiger partial charge >= 0.3 is 0 Å². The summed E-state index contributed by atoms with van der Waals surface area (Å²) in [6.45, 7) is 4.03. The number of carbonyl (C=O) groups is 1. The Labute approximate surface area is 146 Å². The van der Waals surface area contributed by atoms with Crippen molar-refractivity contribution in [2.75, 3.05) is 46.9 Å². The van der Waals surface area contributed by atoms with E-state index in [1.807, 2.05) is 11.9 Å². The first-order chi connectivity index (χ1) is 11.7. The van der Waals surface area contributed by atoms with Crippen LogP contribution in [0.5, 0.6) is 0 Å². The summed E-state index contributed by atoms with van der Waals surface area (Å²) in [6.07, 6.45) is 5.66. The van der Waals surface area contributed by atoms with Gasteiger partial charge in [-0.25, -0.2) is 0 Å². The quantitative estimate of drug-likeness (QED) is 0.652. The maximum absolute atomic E-state index is 12.4. The number of nitrogens with zero attached hydrogens (tertiary/aromatic N) is 2. The Morgan fingerprint density at radius 3 is 2.62 bits per heavy atom. The molecule has 0 atom stereocenters. The highest BCUT2D eigenvalue weighted by atomic mass is 16.5. The maximum Gasteiger partial charge on any atom is 0.236 e. The number of benzene rings is 1. The Bertz CT molecular complexity index is 470. The minimum Gasteiger partial charge on any atom is -0.385 e. The number of amides is 1. The highest BCUT2D eigenvalue weighted by molar-refractivity contribution is 5.78. The van der Waals surface area contributed by atoms with Crippen LogP contribution in [0.15, 0.2) is 30.3 Å². The van der Waals surface area contributed by atoms with E-state index in [1.54, 1.807) is 7.11 Å². The molecule has 0 bridgehead atoms. The number of rotatable bonds is 9. The third-order valence-corrected chi connectivity index (χ3v) is 4.94. The Hall–Kier alpha value is -1.39. The molecule has 0 saturated carbocycles. The molecule has 134 valence electrons. The molecule has 2 rings (SSSR count). The van der Waals surface area contributed by atoms with E-state index in [0.717, 1.165) is 57.8 Å². The van der Waals surface area contributed by atoms with Gasteiger partial charge in [0.1, 0.15) is 0 Å². The lowest BCUT2D eigenvalue weighted by Gasteiger charge is -2.33. The smallest absolute Gasteiger partial charge is 0.236 e. The lowest BCUT2D eigenvalue weighted by Crippen LogP contribution is -2.43. The van der Waals surface area contributed by atoms with Gasteiger partial charge in [0.2, 0.25) is 5.91 Å². The molecule has 0 aromatic heterocycles. The third-order valence-electron chi connectivity index (χ3n) is 4.94. The van der Waals surface area contributed by atoms with E-state index < -0.39 is 0 Å². The zero-order valence-corrected chi connectivity index (χ0v) is 15.2. The first-order valence-corrected chi connectivity index (χ1v) is 9.18. The van der Waals surface area contributed by atoms with E-state index in [2.05, 4.69) is 35.2 Å². The average Bonchev–Trinajstić information content (AvgIpc) is 2.61. The monoisotopic (exact) mass is 332 g/mol. The van der Waals surface area contributed by atoms with Crippen LogP contribution >= 0.6 is 0 Å². The van der Waals surface area contributed by atoms with Crippen LogP contribution in [0.4, 0.5) is 0 Å². The van der Waals surface area contributed by atoms with Crippen molar-refractivity contribution in [3.63, 3.8) is 0 Å². The molecule has 1 amide bonds. The molecule has 0 aliphatic carbocycles. The first kappa shape index (κ1) is 18.9. The largest absolute Gasteiger partial charge is 0.385 e. The highest BCUT2D eigenvalue weighted by Crippen LogP contribution is 2.22. The molecule has 1 fully saturated rings. The van der Waals surface area contributed by atoms with Crippen LogP contribution in [0.2, 0.25) is 0 Å². The third kappa shape index (κ3) is 6.62. The van der Waals surface area contributed by atoms with E-state index in [4.69, 9.17) is 4.74 Å². The number of hydrogen-bond donors (Lipinski definition) is 0. The van der Waals surface area contributed by atoms with E-state index in [-0.39, 0.29) is 5.91 Å². The molecule has 1 aliphatic rings. The number of piperidine rings is 1. The molecule has 1 aromatic rings. The van der Waals surface area contributed by atoms with Crippen LogP contribution in [0.3, 0.4) is 0 Å². The van der Waals surface area contributed by atoms with Crippen LogP contribution in [0.1, 0.15) is 31.2 Å². The van der Waals surface area contributed by atoms with E-state index in [0.29, 0.717) is 6.54 Å². The number of carbonyl (C=O) groups excluding carboxylic acids is 1. The zero-order chi connectivity index (χ0) is 17.2.